The van der Waals surface area contributed by atoms with Gasteiger partial charge in [-0.05, 0) is 67.6 Å². The van der Waals surface area contributed by atoms with Gasteiger partial charge in [-0.15, -0.1) is 0 Å². The highest BCUT2D eigenvalue weighted by molar-refractivity contribution is 6.08. The van der Waals surface area contributed by atoms with Crippen molar-refractivity contribution in [2.45, 2.75) is 39.2 Å². The quantitative estimate of drug-likeness (QED) is 0.645. The van der Waals surface area contributed by atoms with E-state index in [0.717, 1.165) is 37.2 Å². The van der Waals surface area contributed by atoms with Crippen molar-refractivity contribution in [1.82, 2.24) is 0 Å². The maximum absolute atomic E-state index is 14.9. The van der Waals surface area contributed by atoms with Crippen LogP contribution in [0.25, 0.3) is 0 Å². The van der Waals surface area contributed by atoms with Gasteiger partial charge in [0.25, 0.3) is 5.91 Å². The number of anilines is 2. The third kappa shape index (κ3) is 4.69. The van der Waals surface area contributed by atoms with Gasteiger partial charge in [0, 0.05) is 44.4 Å². The van der Waals surface area contributed by atoms with Crippen LogP contribution in [0.15, 0.2) is 36.4 Å². The molecule has 0 aliphatic carbocycles. The van der Waals surface area contributed by atoms with Crippen LogP contribution < -0.4 is 14.5 Å². The lowest BCUT2D eigenvalue weighted by molar-refractivity contribution is 0.0955. The van der Waals surface area contributed by atoms with Crippen LogP contribution in [-0.4, -0.2) is 45.4 Å². The van der Waals surface area contributed by atoms with Crippen LogP contribution in [0.5, 0.6) is 5.75 Å². The molecule has 0 spiro atoms. The molecule has 4 rings (SSSR count). The minimum Gasteiger partial charge on any atom is -0.493 e. The third-order valence-corrected chi connectivity index (χ3v) is 6.36. The van der Waals surface area contributed by atoms with Crippen LogP contribution in [0.2, 0.25) is 0 Å². The Labute approximate surface area is 183 Å². The third-order valence-electron chi connectivity index (χ3n) is 6.36. The number of hydrogen-bond acceptors (Lipinski definition) is 4. The number of rotatable bonds is 7. The summed E-state index contributed by atoms with van der Waals surface area (Å²) in [6, 6.07) is 10.8. The van der Waals surface area contributed by atoms with Gasteiger partial charge in [0.05, 0.1) is 18.4 Å². The first-order valence-corrected chi connectivity index (χ1v) is 11.1. The Morgan fingerprint density at radius 2 is 2.03 bits per heavy atom. The van der Waals surface area contributed by atoms with Crippen LogP contribution in [0, 0.1) is 11.7 Å². The van der Waals surface area contributed by atoms with Gasteiger partial charge in [-0.2, -0.15) is 0 Å². The highest BCUT2D eigenvalue weighted by atomic mass is 19.1. The maximum atomic E-state index is 14.9. The molecule has 2 unspecified atom stereocenters. The zero-order chi connectivity index (χ0) is 22.0. The number of nitrogens with zero attached hydrogens (tertiary/aromatic N) is 2. The first-order chi connectivity index (χ1) is 15.0. The van der Waals surface area contributed by atoms with Crippen molar-refractivity contribution in [3.05, 3.63) is 53.3 Å². The Morgan fingerprint density at radius 1 is 1.19 bits per heavy atom. The summed E-state index contributed by atoms with van der Waals surface area (Å²) >= 11 is 0. The van der Waals surface area contributed by atoms with Crippen LogP contribution in [0.4, 0.5) is 15.8 Å². The molecule has 2 heterocycles. The fourth-order valence-electron chi connectivity index (χ4n) is 4.34. The lowest BCUT2D eigenvalue weighted by atomic mass is 9.98. The average molecular weight is 427 g/mol. The zero-order valence-corrected chi connectivity index (χ0v) is 18.6. The monoisotopic (exact) mass is 426 g/mol. The molecule has 2 aliphatic rings. The van der Waals surface area contributed by atoms with Crippen molar-refractivity contribution < 1.29 is 18.7 Å². The Bertz CT molecular complexity index is 948. The van der Waals surface area contributed by atoms with E-state index in [1.807, 2.05) is 37.3 Å². The highest BCUT2D eigenvalue weighted by Crippen LogP contribution is 2.32. The molecule has 166 valence electrons. The van der Waals surface area contributed by atoms with Crippen molar-refractivity contribution in [3.63, 3.8) is 0 Å². The number of carbonyl (C=O) groups is 1. The lowest BCUT2D eigenvalue weighted by Crippen LogP contribution is -2.37. The van der Waals surface area contributed by atoms with Crippen LogP contribution in [0.1, 0.15) is 42.6 Å². The molecule has 31 heavy (non-hydrogen) atoms. The smallest absolute Gasteiger partial charge is 0.258 e. The Kier molecular flexibility index (Phi) is 6.46. The molecule has 1 fully saturated rings. The minimum absolute atomic E-state index is 0.0947. The van der Waals surface area contributed by atoms with Crippen LogP contribution in [-0.2, 0) is 11.2 Å². The first-order valence-electron chi connectivity index (χ1n) is 11.1. The predicted octanol–water partition coefficient (Wildman–Crippen LogP) is 4.68. The lowest BCUT2D eigenvalue weighted by Gasteiger charge is -2.29. The minimum atomic E-state index is -0.265. The summed E-state index contributed by atoms with van der Waals surface area (Å²) in [5.41, 5.74) is 2.86. The summed E-state index contributed by atoms with van der Waals surface area (Å²) in [6.45, 7) is 7.03. The molecule has 0 N–H and O–H groups in total. The first kappa shape index (κ1) is 21.6. The number of carbonyl (C=O) groups excluding carboxylic acids is 1. The van der Waals surface area contributed by atoms with Gasteiger partial charge in [0.15, 0.2) is 0 Å². The number of halogens is 1. The molecule has 1 amide bonds. The van der Waals surface area contributed by atoms with E-state index < -0.39 is 0 Å². The number of methoxy groups -OCH3 is 1. The van der Waals surface area contributed by atoms with E-state index in [4.69, 9.17) is 9.47 Å². The summed E-state index contributed by atoms with van der Waals surface area (Å²) < 4.78 is 25.9. The van der Waals surface area contributed by atoms with Crippen molar-refractivity contribution >= 4 is 17.3 Å². The number of benzene rings is 2. The molecule has 0 saturated carbocycles. The van der Waals surface area contributed by atoms with Gasteiger partial charge in [-0.25, -0.2) is 4.39 Å². The molecule has 1 saturated heterocycles. The van der Waals surface area contributed by atoms with Crippen LogP contribution >= 0.6 is 0 Å². The number of fused-ring (bicyclic) bond motifs is 1. The fourth-order valence-corrected chi connectivity index (χ4v) is 4.34. The normalized spacial score (nSPS) is 19.5. The van der Waals surface area contributed by atoms with E-state index in [0.29, 0.717) is 42.4 Å². The summed E-state index contributed by atoms with van der Waals surface area (Å²) in [4.78, 5) is 16.9. The van der Waals surface area contributed by atoms with Gasteiger partial charge in [-0.1, -0.05) is 6.92 Å². The van der Waals surface area contributed by atoms with E-state index in [1.165, 1.54) is 6.07 Å². The number of amides is 1. The second-order valence-electron chi connectivity index (χ2n) is 8.68. The standard InChI is InChI=1S/C25H31FN2O3/c1-17-8-11-27(16-17)24-7-4-20(15-23(24)26)28-12-9-19-14-21(5-6-22(19)25(28)29)31-13-10-18(2)30-3/h4-7,14-15,17-18H,8-13,16H2,1-3H3. The number of ether oxygens (including phenoxy) is 2. The van der Waals surface area contributed by atoms with Crippen molar-refractivity contribution in [1.29, 1.82) is 0 Å². The second-order valence-corrected chi connectivity index (χ2v) is 8.68. The van der Waals surface area contributed by atoms with E-state index in [2.05, 4.69) is 11.8 Å². The fraction of sp³-hybridized carbons (Fsp3) is 0.480. The molecular weight excluding hydrogens is 395 g/mol. The van der Waals surface area contributed by atoms with Gasteiger partial charge in [0.1, 0.15) is 11.6 Å². The van der Waals surface area contributed by atoms with Gasteiger partial charge in [-0.3, -0.25) is 4.79 Å². The molecule has 6 heteroatoms. The van der Waals surface area contributed by atoms with Gasteiger partial charge >= 0.3 is 0 Å². The molecular formula is C25H31FN2O3. The average Bonchev–Trinajstić information content (AvgIpc) is 3.19. The molecule has 0 bridgehead atoms. The second kappa shape index (κ2) is 9.27. The van der Waals surface area contributed by atoms with Crippen molar-refractivity contribution in [2.24, 2.45) is 5.92 Å². The molecule has 2 aromatic carbocycles. The molecule has 0 radical (unpaired) electrons. The molecule has 0 aromatic heterocycles. The Hall–Kier alpha value is -2.60. The van der Waals surface area contributed by atoms with Crippen molar-refractivity contribution in [3.8, 4) is 5.75 Å². The number of hydrogen-bond donors (Lipinski definition) is 0. The molecule has 2 atom stereocenters. The summed E-state index contributed by atoms with van der Waals surface area (Å²) in [7, 11) is 1.69. The summed E-state index contributed by atoms with van der Waals surface area (Å²) in [6.07, 6.45) is 2.74. The van der Waals surface area contributed by atoms with Crippen molar-refractivity contribution in [2.75, 3.05) is 43.2 Å². The Morgan fingerprint density at radius 3 is 2.74 bits per heavy atom. The summed E-state index contributed by atoms with van der Waals surface area (Å²) in [5.74, 6) is 0.983. The van der Waals surface area contributed by atoms with E-state index >= 15 is 0 Å². The Balaban J connectivity index is 1.46. The van der Waals surface area contributed by atoms with E-state index in [9.17, 15) is 9.18 Å². The van der Waals surface area contributed by atoms with E-state index in [1.54, 1.807) is 12.0 Å². The SMILES string of the molecule is COC(C)CCOc1ccc2c(c1)CCN(c1ccc(N3CCC(C)C3)c(F)c1)C2=O. The zero-order valence-electron chi connectivity index (χ0n) is 18.6. The molecule has 2 aliphatic heterocycles. The van der Waals surface area contributed by atoms with Gasteiger partial charge in [0.2, 0.25) is 0 Å². The highest BCUT2D eigenvalue weighted by Gasteiger charge is 2.27. The largest absolute Gasteiger partial charge is 0.493 e. The molecule has 5 nitrogen and oxygen atoms in total. The van der Waals surface area contributed by atoms with Crippen LogP contribution in [0.3, 0.4) is 0 Å². The summed E-state index contributed by atoms with van der Waals surface area (Å²) in [5, 5.41) is 0. The maximum Gasteiger partial charge on any atom is 0.258 e. The molecule has 2 aromatic rings. The predicted molar refractivity (Wildman–Crippen MR) is 121 cm³/mol. The van der Waals surface area contributed by atoms with Gasteiger partial charge < -0.3 is 19.3 Å². The van der Waals surface area contributed by atoms with E-state index in [-0.39, 0.29) is 17.8 Å². The topological polar surface area (TPSA) is 42.0 Å².